The van der Waals surface area contributed by atoms with Gasteiger partial charge in [0.05, 0.1) is 13.7 Å². The third kappa shape index (κ3) is 5.95. The van der Waals surface area contributed by atoms with Gasteiger partial charge in [0.1, 0.15) is 11.5 Å². The fraction of sp³-hybridized carbons (Fsp3) is 0.400. The van der Waals surface area contributed by atoms with E-state index in [0.717, 1.165) is 37.6 Å². The minimum absolute atomic E-state index is 0.662. The predicted octanol–water partition coefficient (Wildman–Crippen LogP) is 4.41. The number of nitrogens with one attached hydrogen (secondary N) is 1. The SMILES string of the molecule is COc1ccc(CNCc2ccccc2OCCC(C)C)cc1. The van der Waals surface area contributed by atoms with E-state index in [0.29, 0.717) is 5.92 Å². The van der Waals surface area contributed by atoms with Crippen LogP contribution in [-0.4, -0.2) is 13.7 Å². The van der Waals surface area contributed by atoms with Crippen molar-refractivity contribution in [3.63, 3.8) is 0 Å². The maximum atomic E-state index is 5.92. The Labute approximate surface area is 139 Å². The molecule has 0 heterocycles. The number of rotatable bonds is 9. The first-order valence-corrected chi connectivity index (χ1v) is 8.23. The lowest BCUT2D eigenvalue weighted by Crippen LogP contribution is -2.14. The van der Waals surface area contributed by atoms with Crippen LogP contribution in [0.25, 0.3) is 0 Å². The van der Waals surface area contributed by atoms with Crippen LogP contribution in [-0.2, 0) is 13.1 Å². The molecule has 2 rings (SSSR count). The van der Waals surface area contributed by atoms with Crippen molar-refractivity contribution in [2.45, 2.75) is 33.4 Å². The molecule has 0 aliphatic rings. The van der Waals surface area contributed by atoms with E-state index in [4.69, 9.17) is 9.47 Å². The summed E-state index contributed by atoms with van der Waals surface area (Å²) in [5.74, 6) is 2.53. The molecule has 0 saturated heterocycles. The van der Waals surface area contributed by atoms with Gasteiger partial charge in [-0.15, -0.1) is 0 Å². The second-order valence-electron chi connectivity index (χ2n) is 6.09. The fourth-order valence-corrected chi connectivity index (χ4v) is 2.28. The zero-order chi connectivity index (χ0) is 16.5. The van der Waals surface area contributed by atoms with Crippen LogP contribution in [0.2, 0.25) is 0 Å². The molecule has 0 saturated carbocycles. The molecule has 0 spiro atoms. The lowest BCUT2D eigenvalue weighted by atomic mass is 10.1. The van der Waals surface area contributed by atoms with Gasteiger partial charge in [0.25, 0.3) is 0 Å². The van der Waals surface area contributed by atoms with Crippen LogP contribution >= 0.6 is 0 Å². The highest BCUT2D eigenvalue weighted by Gasteiger charge is 2.04. The average molecular weight is 313 g/mol. The van der Waals surface area contributed by atoms with Crippen LogP contribution in [0, 0.1) is 5.92 Å². The van der Waals surface area contributed by atoms with Crippen molar-refractivity contribution in [2.24, 2.45) is 5.92 Å². The highest BCUT2D eigenvalue weighted by Crippen LogP contribution is 2.19. The summed E-state index contributed by atoms with van der Waals surface area (Å²) in [7, 11) is 1.68. The minimum atomic E-state index is 0.662. The van der Waals surface area contributed by atoms with Crippen molar-refractivity contribution in [1.82, 2.24) is 5.32 Å². The quantitative estimate of drug-likeness (QED) is 0.744. The summed E-state index contributed by atoms with van der Waals surface area (Å²) in [6, 6.07) is 16.4. The Morgan fingerprint density at radius 2 is 1.70 bits per heavy atom. The fourth-order valence-electron chi connectivity index (χ4n) is 2.28. The van der Waals surface area contributed by atoms with E-state index in [1.54, 1.807) is 7.11 Å². The normalized spacial score (nSPS) is 10.8. The number of hydrogen-bond donors (Lipinski definition) is 1. The predicted molar refractivity (Wildman–Crippen MR) is 94.9 cm³/mol. The van der Waals surface area contributed by atoms with Gasteiger partial charge >= 0.3 is 0 Å². The van der Waals surface area contributed by atoms with E-state index in [2.05, 4.69) is 43.4 Å². The van der Waals surface area contributed by atoms with E-state index in [9.17, 15) is 0 Å². The van der Waals surface area contributed by atoms with Gasteiger partial charge in [-0.2, -0.15) is 0 Å². The summed E-state index contributed by atoms with van der Waals surface area (Å²) < 4.78 is 11.1. The molecule has 3 heteroatoms. The summed E-state index contributed by atoms with van der Waals surface area (Å²) in [6.45, 7) is 6.82. The summed E-state index contributed by atoms with van der Waals surface area (Å²) in [6.07, 6.45) is 1.08. The van der Waals surface area contributed by atoms with Crippen molar-refractivity contribution >= 4 is 0 Å². The second-order valence-corrected chi connectivity index (χ2v) is 6.09. The summed E-state index contributed by atoms with van der Waals surface area (Å²) in [4.78, 5) is 0. The number of methoxy groups -OCH3 is 1. The van der Waals surface area contributed by atoms with E-state index >= 15 is 0 Å². The summed E-state index contributed by atoms with van der Waals surface area (Å²) >= 11 is 0. The first kappa shape index (κ1) is 17.4. The van der Waals surface area contributed by atoms with Crippen LogP contribution < -0.4 is 14.8 Å². The largest absolute Gasteiger partial charge is 0.497 e. The monoisotopic (exact) mass is 313 g/mol. The molecule has 0 unspecified atom stereocenters. The molecule has 0 amide bonds. The Morgan fingerprint density at radius 3 is 2.39 bits per heavy atom. The summed E-state index contributed by atoms with van der Waals surface area (Å²) in [5, 5.41) is 3.47. The van der Waals surface area contributed by atoms with Gasteiger partial charge in [0.15, 0.2) is 0 Å². The van der Waals surface area contributed by atoms with Gasteiger partial charge in [-0.25, -0.2) is 0 Å². The maximum Gasteiger partial charge on any atom is 0.123 e. The smallest absolute Gasteiger partial charge is 0.123 e. The molecule has 0 fully saturated rings. The van der Waals surface area contributed by atoms with Crippen molar-refractivity contribution in [1.29, 1.82) is 0 Å². The van der Waals surface area contributed by atoms with Crippen LogP contribution in [0.4, 0.5) is 0 Å². The van der Waals surface area contributed by atoms with Gasteiger partial charge in [-0.05, 0) is 36.1 Å². The molecule has 0 aromatic heterocycles. The topological polar surface area (TPSA) is 30.5 Å². The Balaban J connectivity index is 1.84. The highest BCUT2D eigenvalue weighted by molar-refractivity contribution is 5.33. The standard InChI is InChI=1S/C20H27NO2/c1-16(2)12-13-23-20-7-5-4-6-18(20)15-21-14-17-8-10-19(22-3)11-9-17/h4-11,16,21H,12-15H2,1-3H3. The molecule has 0 bridgehead atoms. The van der Waals surface area contributed by atoms with Gasteiger partial charge in [0.2, 0.25) is 0 Å². The molecule has 3 nitrogen and oxygen atoms in total. The Bertz CT molecular complexity index is 578. The molecule has 0 radical (unpaired) electrons. The molecule has 23 heavy (non-hydrogen) atoms. The molecule has 0 aliphatic heterocycles. The Hall–Kier alpha value is -2.00. The number of hydrogen-bond acceptors (Lipinski definition) is 3. The molecular formula is C20H27NO2. The third-order valence-electron chi connectivity index (χ3n) is 3.73. The Morgan fingerprint density at radius 1 is 0.957 bits per heavy atom. The van der Waals surface area contributed by atoms with Gasteiger partial charge < -0.3 is 14.8 Å². The van der Waals surface area contributed by atoms with Crippen LogP contribution in [0.5, 0.6) is 11.5 Å². The second kappa shape index (κ2) is 9.21. The number of ether oxygens (including phenoxy) is 2. The van der Waals surface area contributed by atoms with Crippen molar-refractivity contribution in [3.8, 4) is 11.5 Å². The third-order valence-corrected chi connectivity index (χ3v) is 3.73. The first-order chi connectivity index (χ1) is 11.2. The van der Waals surface area contributed by atoms with E-state index in [1.165, 1.54) is 11.1 Å². The lowest BCUT2D eigenvalue weighted by molar-refractivity contribution is 0.286. The van der Waals surface area contributed by atoms with E-state index in [1.807, 2.05) is 24.3 Å². The highest BCUT2D eigenvalue weighted by atomic mass is 16.5. The van der Waals surface area contributed by atoms with Crippen LogP contribution in [0.3, 0.4) is 0 Å². The zero-order valence-corrected chi connectivity index (χ0v) is 14.3. The first-order valence-electron chi connectivity index (χ1n) is 8.23. The molecular weight excluding hydrogens is 286 g/mol. The maximum absolute atomic E-state index is 5.92. The molecule has 2 aromatic carbocycles. The van der Waals surface area contributed by atoms with Gasteiger partial charge in [-0.1, -0.05) is 44.2 Å². The van der Waals surface area contributed by atoms with Crippen LogP contribution in [0.15, 0.2) is 48.5 Å². The molecule has 0 aliphatic carbocycles. The van der Waals surface area contributed by atoms with Crippen LogP contribution in [0.1, 0.15) is 31.4 Å². The lowest BCUT2D eigenvalue weighted by Gasteiger charge is -2.13. The number of benzene rings is 2. The molecule has 124 valence electrons. The zero-order valence-electron chi connectivity index (χ0n) is 14.3. The van der Waals surface area contributed by atoms with Crippen molar-refractivity contribution < 1.29 is 9.47 Å². The number of para-hydroxylation sites is 1. The van der Waals surface area contributed by atoms with E-state index in [-0.39, 0.29) is 0 Å². The Kier molecular flexibility index (Phi) is 6.95. The molecule has 1 N–H and O–H groups in total. The van der Waals surface area contributed by atoms with Crippen molar-refractivity contribution in [2.75, 3.05) is 13.7 Å². The summed E-state index contributed by atoms with van der Waals surface area (Å²) in [5.41, 5.74) is 2.44. The average Bonchev–Trinajstić information content (AvgIpc) is 2.56. The molecule has 0 atom stereocenters. The minimum Gasteiger partial charge on any atom is -0.497 e. The molecule has 2 aromatic rings. The van der Waals surface area contributed by atoms with Gasteiger partial charge in [-0.3, -0.25) is 0 Å². The van der Waals surface area contributed by atoms with E-state index < -0.39 is 0 Å². The van der Waals surface area contributed by atoms with Gasteiger partial charge in [0, 0.05) is 18.7 Å². The van der Waals surface area contributed by atoms with Crippen molar-refractivity contribution in [3.05, 3.63) is 59.7 Å².